The molecule has 0 bridgehead atoms. The highest BCUT2D eigenvalue weighted by molar-refractivity contribution is 6.32. The van der Waals surface area contributed by atoms with Crippen molar-refractivity contribution in [3.63, 3.8) is 0 Å². The van der Waals surface area contributed by atoms with E-state index in [4.69, 9.17) is 17.4 Å². The number of hydrogen-bond acceptors (Lipinski definition) is 6. The number of nitrogens with zero attached hydrogens (tertiary/aromatic N) is 4. The van der Waals surface area contributed by atoms with Crippen molar-refractivity contribution in [2.75, 3.05) is 10.7 Å². The molecule has 4 N–H and O–H groups in total. The Morgan fingerprint density at radius 1 is 1.47 bits per heavy atom. The van der Waals surface area contributed by atoms with Crippen molar-refractivity contribution in [3.8, 4) is 0 Å². The molecular formula is C9H12ClN7. The molecule has 17 heavy (non-hydrogen) atoms. The van der Waals surface area contributed by atoms with E-state index < -0.39 is 0 Å². The van der Waals surface area contributed by atoms with Crippen LogP contribution in [0.2, 0.25) is 5.02 Å². The van der Waals surface area contributed by atoms with Crippen LogP contribution in [0, 0.1) is 0 Å². The third kappa shape index (κ3) is 2.83. The van der Waals surface area contributed by atoms with E-state index in [1.807, 2.05) is 13.2 Å². The van der Waals surface area contributed by atoms with E-state index in [1.165, 1.54) is 6.20 Å². The fourth-order valence-electron chi connectivity index (χ4n) is 1.31. The van der Waals surface area contributed by atoms with Gasteiger partial charge in [-0.05, 0) is 0 Å². The lowest BCUT2D eigenvalue weighted by molar-refractivity contribution is 0.767. The number of aryl methyl sites for hydroxylation is 1. The highest BCUT2D eigenvalue weighted by Gasteiger charge is 2.05. The molecule has 0 atom stereocenters. The summed E-state index contributed by atoms with van der Waals surface area (Å²) >= 11 is 5.95. The van der Waals surface area contributed by atoms with Gasteiger partial charge in [-0.2, -0.15) is 10.1 Å². The molecule has 0 aliphatic rings. The first-order valence-corrected chi connectivity index (χ1v) is 5.27. The SMILES string of the molecule is Cn1cc(CNc2nc(NN)ncc2Cl)cn1. The van der Waals surface area contributed by atoms with Crippen LogP contribution in [0.25, 0.3) is 0 Å². The second kappa shape index (κ2) is 4.98. The van der Waals surface area contributed by atoms with Gasteiger partial charge in [0.25, 0.3) is 0 Å². The van der Waals surface area contributed by atoms with Crippen LogP contribution in [0.5, 0.6) is 0 Å². The van der Waals surface area contributed by atoms with Gasteiger partial charge < -0.3 is 5.32 Å². The maximum absolute atomic E-state index is 5.95. The van der Waals surface area contributed by atoms with E-state index in [2.05, 4.69) is 25.8 Å². The maximum Gasteiger partial charge on any atom is 0.239 e. The number of rotatable bonds is 4. The number of nitrogen functional groups attached to an aromatic ring is 1. The second-order valence-corrected chi connectivity index (χ2v) is 3.82. The van der Waals surface area contributed by atoms with Crippen LogP contribution in [0.4, 0.5) is 11.8 Å². The lowest BCUT2D eigenvalue weighted by atomic mass is 10.3. The largest absolute Gasteiger partial charge is 0.364 e. The molecule has 0 saturated heterocycles. The van der Waals surface area contributed by atoms with Crippen LogP contribution in [0.3, 0.4) is 0 Å². The van der Waals surface area contributed by atoms with Gasteiger partial charge in [0.05, 0.1) is 12.4 Å². The Labute approximate surface area is 103 Å². The first-order chi connectivity index (χ1) is 8.19. The lowest BCUT2D eigenvalue weighted by Gasteiger charge is -2.07. The average Bonchev–Trinajstić information content (AvgIpc) is 2.74. The molecule has 0 spiro atoms. The minimum atomic E-state index is 0.308. The minimum Gasteiger partial charge on any atom is -0.364 e. The highest BCUT2D eigenvalue weighted by Crippen LogP contribution is 2.19. The number of halogens is 1. The molecule has 0 unspecified atom stereocenters. The van der Waals surface area contributed by atoms with Gasteiger partial charge in [-0.1, -0.05) is 11.6 Å². The molecule has 2 aromatic heterocycles. The van der Waals surface area contributed by atoms with Gasteiger partial charge in [0.15, 0.2) is 5.82 Å². The molecule has 0 radical (unpaired) electrons. The highest BCUT2D eigenvalue weighted by atomic mass is 35.5. The Morgan fingerprint density at radius 3 is 2.94 bits per heavy atom. The Morgan fingerprint density at radius 2 is 2.29 bits per heavy atom. The summed E-state index contributed by atoms with van der Waals surface area (Å²) in [5, 5.41) is 7.59. The van der Waals surface area contributed by atoms with Crippen molar-refractivity contribution in [1.82, 2.24) is 19.7 Å². The Balaban J connectivity index is 2.07. The summed E-state index contributed by atoms with van der Waals surface area (Å²) in [6, 6.07) is 0. The molecule has 2 rings (SSSR count). The van der Waals surface area contributed by atoms with Crippen LogP contribution in [-0.2, 0) is 13.6 Å². The number of hydrogen-bond donors (Lipinski definition) is 3. The second-order valence-electron chi connectivity index (χ2n) is 3.41. The maximum atomic E-state index is 5.95. The lowest BCUT2D eigenvalue weighted by Crippen LogP contribution is -2.12. The monoisotopic (exact) mass is 253 g/mol. The third-order valence-electron chi connectivity index (χ3n) is 2.09. The molecule has 0 fully saturated rings. The topological polar surface area (TPSA) is 93.7 Å². The van der Waals surface area contributed by atoms with Crippen molar-refractivity contribution in [2.24, 2.45) is 12.9 Å². The van der Waals surface area contributed by atoms with Gasteiger partial charge >= 0.3 is 0 Å². The van der Waals surface area contributed by atoms with E-state index in [1.54, 1.807) is 10.9 Å². The zero-order valence-electron chi connectivity index (χ0n) is 9.18. The molecular weight excluding hydrogens is 242 g/mol. The molecule has 0 saturated carbocycles. The molecule has 7 nitrogen and oxygen atoms in total. The van der Waals surface area contributed by atoms with E-state index in [9.17, 15) is 0 Å². The van der Waals surface area contributed by atoms with Crippen molar-refractivity contribution >= 4 is 23.4 Å². The van der Waals surface area contributed by atoms with Gasteiger partial charge in [0.1, 0.15) is 5.02 Å². The van der Waals surface area contributed by atoms with Crippen LogP contribution >= 0.6 is 11.6 Å². The summed E-state index contributed by atoms with van der Waals surface area (Å²) in [5.74, 6) is 6.05. The molecule has 90 valence electrons. The number of nitrogens with two attached hydrogens (primary N) is 1. The van der Waals surface area contributed by atoms with E-state index in [-0.39, 0.29) is 0 Å². The number of nitrogens with one attached hydrogen (secondary N) is 2. The summed E-state index contributed by atoms with van der Waals surface area (Å²) in [7, 11) is 1.86. The van der Waals surface area contributed by atoms with Crippen molar-refractivity contribution < 1.29 is 0 Å². The molecule has 0 aromatic carbocycles. The van der Waals surface area contributed by atoms with Crippen LogP contribution in [-0.4, -0.2) is 19.7 Å². The average molecular weight is 254 g/mol. The standard InChI is InChI=1S/C9H12ClN7/c1-17-5-6(3-14-17)2-12-8-7(10)4-13-9(15-8)16-11/h3-5H,2,11H2,1H3,(H2,12,13,15,16). The normalized spacial score (nSPS) is 10.3. The smallest absolute Gasteiger partial charge is 0.239 e. The fraction of sp³-hybridized carbons (Fsp3) is 0.222. The molecule has 0 amide bonds. The predicted octanol–water partition coefficient (Wildman–Crippen LogP) is 0.761. The summed E-state index contributed by atoms with van der Waals surface area (Å²) < 4.78 is 1.73. The van der Waals surface area contributed by atoms with Crippen molar-refractivity contribution in [1.29, 1.82) is 0 Å². The third-order valence-corrected chi connectivity index (χ3v) is 2.37. The van der Waals surface area contributed by atoms with Crippen molar-refractivity contribution in [2.45, 2.75) is 6.54 Å². The van der Waals surface area contributed by atoms with Gasteiger partial charge in [0.2, 0.25) is 5.95 Å². The molecule has 0 aliphatic carbocycles. The Bertz CT molecular complexity index is 510. The first kappa shape index (κ1) is 11.6. The van der Waals surface area contributed by atoms with Gasteiger partial charge in [-0.25, -0.2) is 10.8 Å². The van der Waals surface area contributed by atoms with Gasteiger partial charge in [-0.3, -0.25) is 10.1 Å². The summed E-state index contributed by atoms with van der Waals surface area (Å²) in [4.78, 5) is 7.98. The zero-order valence-corrected chi connectivity index (χ0v) is 9.94. The first-order valence-electron chi connectivity index (χ1n) is 4.89. The van der Waals surface area contributed by atoms with Gasteiger partial charge in [-0.15, -0.1) is 0 Å². The number of aromatic nitrogens is 4. The van der Waals surface area contributed by atoms with Crippen molar-refractivity contribution in [3.05, 3.63) is 29.2 Å². The zero-order chi connectivity index (χ0) is 12.3. The van der Waals surface area contributed by atoms with E-state index in [0.717, 1.165) is 5.56 Å². The Hall–Kier alpha value is -1.86. The van der Waals surface area contributed by atoms with E-state index in [0.29, 0.717) is 23.3 Å². The fourth-order valence-corrected chi connectivity index (χ4v) is 1.47. The predicted molar refractivity (Wildman–Crippen MR) is 65.4 cm³/mol. The van der Waals surface area contributed by atoms with Crippen LogP contribution in [0.1, 0.15) is 5.56 Å². The quantitative estimate of drug-likeness (QED) is 0.550. The number of hydrazine groups is 1. The summed E-state index contributed by atoms with van der Waals surface area (Å²) in [6.45, 7) is 0.578. The molecule has 2 aromatic rings. The molecule has 0 aliphatic heterocycles. The summed E-state index contributed by atoms with van der Waals surface area (Å²) in [6.07, 6.45) is 5.16. The van der Waals surface area contributed by atoms with Crippen LogP contribution < -0.4 is 16.6 Å². The summed E-state index contributed by atoms with van der Waals surface area (Å²) in [5.41, 5.74) is 3.39. The molecule has 8 heteroatoms. The van der Waals surface area contributed by atoms with E-state index >= 15 is 0 Å². The van der Waals surface area contributed by atoms with Gasteiger partial charge in [0, 0.05) is 25.4 Å². The Kier molecular flexibility index (Phi) is 3.40. The number of anilines is 2. The molecule has 2 heterocycles. The minimum absolute atomic E-state index is 0.308. The van der Waals surface area contributed by atoms with Crippen LogP contribution in [0.15, 0.2) is 18.6 Å².